The minimum absolute atomic E-state index is 0.255. The molecule has 0 aliphatic carbocycles. The number of ketones is 1. The highest BCUT2D eigenvalue weighted by atomic mass is 16.5. The lowest BCUT2D eigenvalue weighted by molar-refractivity contribution is -0.119. The van der Waals surface area contributed by atoms with Gasteiger partial charge in [0.1, 0.15) is 5.75 Å². The highest BCUT2D eigenvalue weighted by Crippen LogP contribution is 2.23. The average molecular weight is 395 g/mol. The van der Waals surface area contributed by atoms with Gasteiger partial charge in [-0.25, -0.2) is 9.36 Å². The highest BCUT2D eigenvalue weighted by molar-refractivity contribution is 5.81. The van der Waals surface area contributed by atoms with Crippen molar-refractivity contribution in [1.82, 2.24) is 23.1 Å². The first-order chi connectivity index (χ1) is 13.8. The third-order valence-corrected chi connectivity index (χ3v) is 5.28. The molecule has 1 atom stereocenters. The van der Waals surface area contributed by atoms with Gasteiger partial charge in [-0.15, -0.1) is 0 Å². The number of hydrogen-bond acceptors (Lipinski definition) is 5. The summed E-state index contributed by atoms with van der Waals surface area (Å²) < 4.78 is 11.1. The molecule has 9 heteroatoms. The topological polar surface area (TPSA) is 92.5 Å². The number of nitrogens with zero attached hydrogens (tertiary/aromatic N) is 5. The molecule has 0 aliphatic rings. The molecule has 0 radical (unpaired) electrons. The first-order valence-corrected chi connectivity index (χ1v) is 9.12. The van der Waals surface area contributed by atoms with Gasteiger partial charge >= 0.3 is 5.69 Å². The zero-order chi connectivity index (χ0) is 21.0. The molecular formula is C20H21N5O4. The third-order valence-electron chi connectivity index (χ3n) is 5.28. The number of ether oxygens (including phenoxy) is 1. The number of rotatable bonds is 4. The van der Waals surface area contributed by atoms with Crippen molar-refractivity contribution in [1.29, 1.82) is 0 Å². The van der Waals surface area contributed by atoms with E-state index in [2.05, 4.69) is 4.98 Å². The standard InChI is InChI=1S/C20H21N5O4/c1-11-10-23-16-17(22(4)20(28)25(18(16)27)12(2)13(3)26)21-19(23)24(11)14-6-8-15(29-5)9-7-14/h6-10,12H,1-5H3/t12-/m1/s1. The summed E-state index contributed by atoms with van der Waals surface area (Å²) in [6.07, 6.45) is 1.80. The molecule has 1 aromatic carbocycles. The molecule has 150 valence electrons. The van der Waals surface area contributed by atoms with E-state index in [9.17, 15) is 14.4 Å². The van der Waals surface area contributed by atoms with Crippen LogP contribution in [-0.4, -0.2) is 36.0 Å². The van der Waals surface area contributed by atoms with E-state index in [-0.39, 0.29) is 16.9 Å². The van der Waals surface area contributed by atoms with E-state index >= 15 is 0 Å². The third kappa shape index (κ3) is 2.61. The molecule has 0 fully saturated rings. The second kappa shape index (κ2) is 6.47. The van der Waals surface area contributed by atoms with Crippen LogP contribution in [0.25, 0.3) is 22.6 Å². The van der Waals surface area contributed by atoms with Crippen molar-refractivity contribution in [2.75, 3.05) is 7.11 Å². The Balaban J connectivity index is 2.09. The summed E-state index contributed by atoms with van der Waals surface area (Å²) in [5.41, 5.74) is 1.12. The zero-order valence-corrected chi connectivity index (χ0v) is 16.8. The van der Waals surface area contributed by atoms with E-state index in [4.69, 9.17) is 4.74 Å². The van der Waals surface area contributed by atoms with Crippen molar-refractivity contribution in [3.8, 4) is 11.4 Å². The Hall–Kier alpha value is -3.62. The number of aromatic nitrogens is 5. The van der Waals surface area contributed by atoms with Crippen LogP contribution >= 0.6 is 0 Å². The Bertz CT molecular complexity index is 1390. The molecule has 0 saturated heterocycles. The minimum Gasteiger partial charge on any atom is -0.497 e. The molecule has 0 unspecified atom stereocenters. The highest BCUT2D eigenvalue weighted by Gasteiger charge is 2.24. The van der Waals surface area contributed by atoms with E-state index in [1.807, 2.05) is 35.8 Å². The first-order valence-electron chi connectivity index (χ1n) is 9.12. The first kappa shape index (κ1) is 18.7. The Morgan fingerprint density at radius 2 is 1.83 bits per heavy atom. The largest absolute Gasteiger partial charge is 0.497 e. The van der Waals surface area contributed by atoms with Crippen molar-refractivity contribution in [2.45, 2.75) is 26.8 Å². The molecule has 0 aliphatic heterocycles. The Morgan fingerprint density at radius 1 is 1.17 bits per heavy atom. The van der Waals surface area contributed by atoms with Gasteiger partial charge in [0.25, 0.3) is 5.56 Å². The van der Waals surface area contributed by atoms with Crippen LogP contribution in [0, 0.1) is 6.92 Å². The van der Waals surface area contributed by atoms with Crippen LogP contribution in [0.1, 0.15) is 25.6 Å². The number of imidazole rings is 2. The van der Waals surface area contributed by atoms with Crippen molar-refractivity contribution >= 4 is 22.7 Å². The Morgan fingerprint density at radius 3 is 2.41 bits per heavy atom. The summed E-state index contributed by atoms with van der Waals surface area (Å²) in [6, 6.07) is 6.60. The maximum atomic E-state index is 13.2. The lowest BCUT2D eigenvalue weighted by Crippen LogP contribution is -2.42. The maximum Gasteiger partial charge on any atom is 0.333 e. The lowest BCUT2D eigenvalue weighted by atomic mass is 10.2. The van der Waals surface area contributed by atoms with Gasteiger partial charge in [0, 0.05) is 24.6 Å². The molecule has 0 saturated carbocycles. The predicted octanol–water partition coefficient (Wildman–Crippen LogP) is 1.61. The fourth-order valence-corrected chi connectivity index (χ4v) is 3.55. The van der Waals surface area contributed by atoms with Gasteiger partial charge in [0.15, 0.2) is 16.9 Å². The number of hydrogen-bond donors (Lipinski definition) is 0. The molecule has 4 aromatic rings. The molecule has 3 aromatic heterocycles. The summed E-state index contributed by atoms with van der Waals surface area (Å²) in [4.78, 5) is 42.3. The molecule has 0 bridgehead atoms. The summed E-state index contributed by atoms with van der Waals surface area (Å²) >= 11 is 0. The van der Waals surface area contributed by atoms with E-state index in [0.717, 1.165) is 21.7 Å². The lowest BCUT2D eigenvalue weighted by Gasteiger charge is -2.12. The van der Waals surface area contributed by atoms with Gasteiger partial charge in [0.05, 0.1) is 13.2 Å². The second-order valence-corrected chi connectivity index (χ2v) is 7.06. The van der Waals surface area contributed by atoms with Gasteiger partial charge in [0.2, 0.25) is 5.78 Å². The number of methoxy groups -OCH3 is 1. The smallest absolute Gasteiger partial charge is 0.333 e. The summed E-state index contributed by atoms with van der Waals surface area (Å²) in [6.45, 7) is 4.81. The van der Waals surface area contributed by atoms with Gasteiger partial charge < -0.3 is 4.74 Å². The van der Waals surface area contributed by atoms with Crippen LogP contribution in [0.2, 0.25) is 0 Å². The molecule has 0 spiro atoms. The maximum absolute atomic E-state index is 13.2. The molecule has 29 heavy (non-hydrogen) atoms. The van der Waals surface area contributed by atoms with Gasteiger partial charge in [-0.1, -0.05) is 0 Å². The molecular weight excluding hydrogens is 374 g/mol. The number of fused-ring (bicyclic) bond motifs is 3. The van der Waals surface area contributed by atoms with Crippen LogP contribution in [0.3, 0.4) is 0 Å². The average Bonchev–Trinajstić information content (AvgIpc) is 3.21. The Labute approximate surface area is 165 Å². The predicted molar refractivity (Wildman–Crippen MR) is 108 cm³/mol. The van der Waals surface area contributed by atoms with Crippen molar-refractivity contribution in [3.05, 3.63) is 57.0 Å². The SMILES string of the molecule is COc1ccc(-n2c(C)cn3c4c(=O)n([C@H](C)C(C)=O)c(=O)n(C)c4nc23)cc1. The van der Waals surface area contributed by atoms with Gasteiger partial charge in [-0.05, 0) is 45.0 Å². The number of Topliss-reactive ketones (excluding diaryl/α,β-unsaturated/α-hetero) is 1. The minimum atomic E-state index is -0.860. The summed E-state index contributed by atoms with van der Waals surface area (Å²) in [5, 5.41) is 0. The molecule has 0 N–H and O–H groups in total. The number of aryl methyl sites for hydroxylation is 2. The summed E-state index contributed by atoms with van der Waals surface area (Å²) in [7, 11) is 3.15. The van der Waals surface area contributed by atoms with E-state index in [1.54, 1.807) is 31.7 Å². The van der Waals surface area contributed by atoms with Crippen molar-refractivity contribution < 1.29 is 9.53 Å². The Kier molecular flexibility index (Phi) is 4.18. The van der Waals surface area contributed by atoms with E-state index in [0.29, 0.717) is 5.78 Å². The van der Waals surface area contributed by atoms with E-state index < -0.39 is 17.3 Å². The molecule has 3 heterocycles. The summed E-state index contributed by atoms with van der Waals surface area (Å²) in [5.74, 6) is 0.964. The fraction of sp³-hybridized carbons (Fsp3) is 0.300. The number of carbonyl (C=O) groups excluding carboxylic acids is 1. The number of benzene rings is 1. The van der Waals surface area contributed by atoms with Crippen LogP contribution in [0.15, 0.2) is 40.1 Å². The second-order valence-electron chi connectivity index (χ2n) is 7.06. The van der Waals surface area contributed by atoms with E-state index in [1.165, 1.54) is 11.5 Å². The van der Waals surface area contributed by atoms with Gasteiger partial charge in [-0.3, -0.25) is 23.1 Å². The van der Waals surface area contributed by atoms with Gasteiger partial charge in [-0.2, -0.15) is 4.98 Å². The van der Waals surface area contributed by atoms with Crippen molar-refractivity contribution in [3.63, 3.8) is 0 Å². The van der Waals surface area contributed by atoms with Crippen LogP contribution in [0.4, 0.5) is 0 Å². The molecule has 4 rings (SSSR count). The van der Waals surface area contributed by atoms with Crippen LogP contribution in [0.5, 0.6) is 5.75 Å². The monoisotopic (exact) mass is 395 g/mol. The van der Waals surface area contributed by atoms with Crippen molar-refractivity contribution in [2.24, 2.45) is 7.05 Å². The van der Waals surface area contributed by atoms with Crippen LogP contribution in [-0.2, 0) is 11.8 Å². The molecule has 9 nitrogen and oxygen atoms in total. The fourth-order valence-electron chi connectivity index (χ4n) is 3.55. The zero-order valence-electron chi connectivity index (χ0n) is 16.8. The quantitative estimate of drug-likeness (QED) is 0.523. The number of carbonyl (C=O) groups is 1. The van der Waals surface area contributed by atoms with Crippen LogP contribution < -0.4 is 16.0 Å². The normalized spacial score (nSPS) is 12.6. The molecule has 0 amide bonds.